The molecule has 1 aromatic heterocycles. The first-order valence-electron chi connectivity index (χ1n) is 6.29. The third kappa shape index (κ3) is 5.07. The molecule has 7 heteroatoms. The molecule has 3 N–H and O–H groups in total. The normalized spacial score (nSPS) is 11.6. The molecular weight excluding hydrogens is 374 g/mol. The molecule has 0 radical (unpaired) electrons. The van der Waals surface area contributed by atoms with Crippen LogP contribution in [0.2, 0.25) is 0 Å². The number of carbonyl (C=O) groups excluding carboxylic acids is 1. The highest BCUT2D eigenvalue weighted by Crippen LogP contribution is 2.17. The molecule has 0 saturated carbocycles. The summed E-state index contributed by atoms with van der Waals surface area (Å²) in [5.41, 5.74) is 7.10. The second-order valence-electron chi connectivity index (χ2n) is 4.50. The third-order valence-electron chi connectivity index (χ3n) is 2.82. The van der Waals surface area contributed by atoms with Crippen LogP contribution in [0.5, 0.6) is 0 Å². The minimum atomic E-state index is -0.152. The molecule has 1 aromatic carbocycles. The minimum Gasteiger partial charge on any atom is -0.348 e. The first-order valence-corrected chi connectivity index (χ1v) is 7.96. The van der Waals surface area contributed by atoms with Gasteiger partial charge in [-0.1, -0.05) is 34.1 Å². The van der Waals surface area contributed by atoms with Crippen molar-refractivity contribution in [3.05, 3.63) is 50.4 Å². The van der Waals surface area contributed by atoms with Crippen molar-refractivity contribution in [2.45, 2.75) is 25.9 Å². The number of carbonyl (C=O) groups is 1. The maximum Gasteiger partial charge on any atom is 0.270 e. The molecule has 0 aliphatic carbocycles. The quantitative estimate of drug-likeness (QED) is 0.824. The van der Waals surface area contributed by atoms with Crippen LogP contribution >= 0.6 is 39.7 Å². The highest BCUT2D eigenvalue weighted by Gasteiger charge is 2.14. The van der Waals surface area contributed by atoms with Crippen molar-refractivity contribution in [1.29, 1.82) is 0 Å². The van der Waals surface area contributed by atoms with Gasteiger partial charge in [-0.2, -0.15) is 0 Å². The van der Waals surface area contributed by atoms with E-state index < -0.39 is 0 Å². The lowest BCUT2D eigenvalue weighted by Gasteiger charge is -2.14. The maximum atomic E-state index is 12.0. The monoisotopic (exact) mass is 389 g/mol. The second kappa shape index (κ2) is 8.48. The van der Waals surface area contributed by atoms with Crippen molar-refractivity contribution in [2.75, 3.05) is 0 Å². The Bertz CT molecular complexity index is 605. The van der Waals surface area contributed by atoms with Gasteiger partial charge < -0.3 is 11.1 Å². The first kappa shape index (κ1) is 18.1. The zero-order chi connectivity index (χ0) is 14.5. The summed E-state index contributed by atoms with van der Waals surface area (Å²) in [5.74, 6) is -0.152. The zero-order valence-electron chi connectivity index (χ0n) is 11.5. The highest BCUT2D eigenvalue weighted by molar-refractivity contribution is 9.10. The second-order valence-corrected chi connectivity index (χ2v) is 6.30. The van der Waals surface area contributed by atoms with Gasteiger partial charge in [0.25, 0.3) is 5.91 Å². The fraction of sp³-hybridized carbons (Fsp3) is 0.286. The molecule has 1 heterocycles. The van der Waals surface area contributed by atoms with Crippen LogP contribution in [-0.2, 0) is 13.0 Å². The lowest BCUT2D eigenvalue weighted by atomic mass is 10.1. The van der Waals surface area contributed by atoms with E-state index in [1.165, 1.54) is 16.9 Å². The topological polar surface area (TPSA) is 68.0 Å². The summed E-state index contributed by atoms with van der Waals surface area (Å²) in [5, 5.41) is 5.46. The summed E-state index contributed by atoms with van der Waals surface area (Å²) in [6.45, 7) is 2.35. The van der Waals surface area contributed by atoms with E-state index >= 15 is 0 Å². The molecule has 1 amide bonds. The summed E-state index contributed by atoms with van der Waals surface area (Å²) in [4.78, 5) is 16.2. The number of nitrogens with zero attached hydrogens (tertiary/aromatic N) is 1. The molecule has 1 atom stereocenters. The fourth-order valence-corrected chi connectivity index (χ4v) is 2.95. The molecule has 0 aliphatic rings. The van der Waals surface area contributed by atoms with Crippen molar-refractivity contribution >= 4 is 45.6 Å². The summed E-state index contributed by atoms with van der Waals surface area (Å²) >= 11 is 4.92. The largest absolute Gasteiger partial charge is 0.348 e. The maximum absolute atomic E-state index is 12.0. The van der Waals surface area contributed by atoms with Crippen LogP contribution in [0, 0.1) is 0 Å². The lowest BCUT2D eigenvalue weighted by Crippen LogP contribution is -2.34. The lowest BCUT2D eigenvalue weighted by molar-refractivity contribution is 0.0935. The van der Waals surface area contributed by atoms with E-state index in [1.807, 2.05) is 31.2 Å². The van der Waals surface area contributed by atoms with E-state index in [0.717, 1.165) is 15.9 Å². The van der Waals surface area contributed by atoms with Gasteiger partial charge in [0.2, 0.25) is 0 Å². The number of nitrogens with two attached hydrogens (primary N) is 1. The summed E-state index contributed by atoms with van der Waals surface area (Å²) in [7, 11) is 0. The Hall–Kier alpha value is -0.950. The van der Waals surface area contributed by atoms with Gasteiger partial charge in [0, 0.05) is 22.4 Å². The van der Waals surface area contributed by atoms with Crippen LogP contribution in [0.4, 0.5) is 0 Å². The summed E-state index contributed by atoms with van der Waals surface area (Å²) in [6.07, 6.45) is 0.765. The molecule has 4 nitrogen and oxygen atoms in total. The van der Waals surface area contributed by atoms with Gasteiger partial charge in [0.05, 0.1) is 0 Å². The van der Waals surface area contributed by atoms with Crippen LogP contribution in [0.25, 0.3) is 0 Å². The number of rotatable bonds is 5. The van der Waals surface area contributed by atoms with E-state index in [4.69, 9.17) is 5.73 Å². The van der Waals surface area contributed by atoms with Crippen molar-refractivity contribution in [1.82, 2.24) is 10.3 Å². The molecule has 0 saturated heterocycles. The SMILES string of the molecule is CC(Cc1ccccc1Br)NC(=O)c1csc(CN)n1.Cl. The van der Waals surface area contributed by atoms with E-state index in [1.54, 1.807) is 5.38 Å². The Labute approximate surface area is 142 Å². The van der Waals surface area contributed by atoms with E-state index in [0.29, 0.717) is 12.2 Å². The van der Waals surface area contributed by atoms with Gasteiger partial charge in [-0.3, -0.25) is 4.79 Å². The van der Waals surface area contributed by atoms with Crippen molar-refractivity contribution in [3.8, 4) is 0 Å². The Kier molecular flexibility index (Phi) is 7.31. The predicted molar refractivity (Wildman–Crippen MR) is 92.0 cm³/mol. The summed E-state index contributed by atoms with van der Waals surface area (Å²) < 4.78 is 1.06. The number of nitrogens with one attached hydrogen (secondary N) is 1. The molecule has 0 bridgehead atoms. The number of benzene rings is 1. The molecule has 0 aliphatic heterocycles. The average Bonchev–Trinajstić information content (AvgIpc) is 2.90. The molecule has 1 unspecified atom stereocenters. The first-order chi connectivity index (χ1) is 9.60. The minimum absolute atomic E-state index is 0. The molecule has 114 valence electrons. The molecule has 21 heavy (non-hydrogen) atoms. The standard InChI is InChI=1S/C14H16BrN3OS.ClH/c1-9(6-10-4-2-3-5-11(10)15)17-14(19)12-8-20-13(7-16)18-12;/h2-5,8-9H,6-7,16H2,1H3,(H,17,19);1H. The Balaban J connectivity index is 0.00000220. The van der Waals surface area contributed by atoms with Crippen LogP contribution in [-0.4, -0.2) is 16.9 Å². The number of halogens is 2. The molecule has 0 fully saturated rings. The smallest absolute Gasteiger partial charge is 0.270 e. The van der Waals surface area contributed by atoms with Crippen molar-refractivity contribution in [3.63, 3.8) is 0 Å². The van der Waals surface area contributed by atoms with Crippen LogP contribution < -0.4 is 11.1 Å². The van der Waals surface area contributed by atoms with Gasteiger partial charge in [-0.25, -0.2) is 4.98 Å². The average molecular weight is 391 g/mol. The van der Waals surface area contributed by atoms with Crippen LogP contribution in [0.3, 0.4) is 0 Å². The molecular formula is C14H17BrClN3OS. The van der Waals surface area contributed by atoms with Crippen LogP contribution in [0.15, 0.2) is 34.1 Å². The molecule has 0 spiro atoms. The van der Waals surface area contributed by atoms with E-state index in [-0.39, 0.29) is 24.4 Å². The molecule has 2 rings (SSSR count). The number of hydrogen-bond donors (Lipinski definition) is 2. The fourth-order valence-electron chi connectivity index (χ4n) is 1.85. The van der Waals surface area contributed by atoms with Gasteiger partial charge in [-0.05, 0) is 25.0 Å². The number of hydrogen-bond acceptors (Lipinski definition) is 4. The third-order valence-corrected chi connectivity index (χ3v) is 4.47. The Morgan fingerprint density at radius 1 is 1.48 bits per heavy atom. The predicted octanol–water partition coefficient (Wildman–Crippen LogP) is 3.15. The number of amides is 1. The zero-order valence-corrected chi connectivity index (χ0v) is 14.7. The van der Waals surface area contributed by atoms with Gasteiger partial charge >= 0.3 is 0 Å². The molecule has 2 aromatic rings. The van der Waals surface area contributed by atoms with Crippen LogP contribution in [0.1, 0.15) is 28.0 Å². The van der Waals surface area contributed by atoms with E-state index in [2.05, 4.69) is 26.2 Å². The number of thiazole rings is 1. The van der Waals surface area contributed by atoms with E-state index in [9.17, 15) is 4.79 Å². The highest BCUT2D eigenvalue weighted by atomic mass is 79.9. The van der Waals surface area contributed by atoms with Gasteiger partial charge in [-0.15, -0.1) is 23.7 Å². The Morgan fingerprint density at radius 2 is 2.19 bits per heavy atom. The van der Waals surface area contributed by atoms with Gasteiger partial charge in [0.1, 0.15) is 10.7 Å². The van der Waals surface area contributed by atoms with Crippen molar-refractivity contribution < 1.29 is 4.79 Å². The number of aromatic nitrogens is 1. The summed E-state index contributed by atoms with van der Waals surface area (Å²) in [6, 6.07) is 8.03. The Morgan fingerprint density at radius 3 is 2.81 bits per heavy atom. The van der Waals surface area contributed by atoms with Gasteiger partial charge in [0.15, 0.2) is 0 Å². The van der Waals surface area contributed by atoms with Crippen molar-refractivity contribution in [2.24, 2.45) is 5.73 Å².